The quantitative estimate of drug-likeness (QED) is 0.570. The topological polar surface area (TPSA) is 78.7 Å². The Kier molecular flexibility index (Phi) is 6.51. The Morgan fingerprint density at radius 1 is 1.06 bits per heavy atom. The molecule has 0 saturated carbocycles. The number of rotatable bonds is 6. The highest BCUT2D eigenvalue weighted by atomic mass is 16.6. The third-order valence-electron chi connectivity index (χ3n) is 6.41. The molecule has 1 amide bonds. The van der Waals surface area contributed by atoms with E-state index in [4.69, 9.17) is 0 Å². The summed E-state index contributed by atoms with van der Waals surface area (Å²) >= 11 is 0. The number of aryl methyl sites for hydroxylation is 2. The van der Waals surface area contributed by atoms with Crippen molar-refractivity contribution in [3.63, 3.8) is 0 Å². The van der Waals surface area contributed by atoms with Gasteiger partial charge in [-0.05, 0) is 55.4 Å². The first-order valence-electron chi connectivity index (χ1n) is 11.1. The number of hydrogen-bond acceptors (Lipinski definition) is 5. The molecule has 2 aromatic rings. The zero-order chi connectivity index (χ0) is 21.8. The molecule has 31 heavy (non-hydrogen) atoms. The van der Waals surface area contributed by atoms with Crippen molar-refractivity contribution >= 4 is 17.3 Å². The number of nitrogens with one attached hydrogen (secondary N) is 1. The molecule has 2 aliphatic rings. The number of amides is 1. The summed E-state index contributed by atoms with van der Waals surface area (Å²) in [5, 5.41) is 14.4. The maximum absolute atomic E-state index is 12.6. The van der Waals surface area contributed by atoms with Crippen molar-refractivity contribution in [3.05, 3.63) is 69.3 Å². The van der Waals surface area contributed by atoms with Gasteiger partial charge in [-0.2, -0.15) is 0 Å². The number of fused-ring (bicyclic) bond motifs is 1. The van der Waals surface area contributed by atoms with Crippen LogP contribution < -0.4 is 10.2 Å². The molecule has 164 valence electrons. The van der Waals surface area contributed by atoms with Gasteiger partial charge in [-0.3, -0.25) is 19.8 Å². The molecule has 2 aromatic carbocycles. The van der Waals surface area contributed by atoms with Crippen molar-refractivity contribution in [3.8, 4) is 0 Å². The Labute approximate surface area is 183 Å². The summed E-state index contributed by atoms with van der Waals surface area (Å²) in [4.78, 5) is 27.7. The highest BCUT2D eigenvalue weighted by Gasteiger charge is 2.24. The first-order valence-corrected chi connectivity index (χ1v) is 11.1. The molecule has 1 N–H and O–H groups in total. The van der Waals surface area contributed by atoms with Crippen molar-refractivity contribution < 1.29 is 9.72 Å². The van der Waals surface area contributed by atoms with E-state index in [1.807, 2.05) is 17.9 Å². The van der Waals surface area contributed by atoms with Gasteiger partial charge in [-0.1, -0.05) is 30.3 Å². The summed E-state index contributed by atoms with van der Waals surface area (Å²) in [7, 11) is 0. The average Bonchev–Trinajstić information content (AvgIpc) is 2.79. The van der Waals surface area contributed by atoms with Crippen LogP contribution in [0.2, 0.25) is 0 Å². The van der Waals surface area contributed by atoms with Gasteiger partial charge in [0, 0.05) is 32.2 Å². The lowest BCUT2D eigenvalue weighted by molar-refractivity contribution is -0.384. The summed E-state index contributed by atoms with van der Waals surface area (Å²) < 4.78 is 0. The molecule has 1 atom stereocenters. The Bertz CT molecular complexity index is 954. The molecule has 1 fully saturated rings. The summed E-state index contributed by atoms with van der Waals surface area (Å²) in [6.07, 6.45) is 4.81. The van der Waals surface area contributed by atoms with Gasteiger partial charge in [-0.15, -0.1) is 0 Å². The van der Waals surface area contributed by atoms with Crippen LogP contribution in [-0.2, 0) is 17.6 Å². The number of para-hydroxylation sites is 2. The number of carbonyl (C=O) groups excluding carboxylic acids is 1. The van der Waals surface area contributed by atoms with Crippen molar-refractivity contribution in [2.24, 2.45) is 0 Å². The lowest BCUT2D eigenvalue weighted by Crippen LogP contribution is -2.49. The molecule has 1 unspecified atom stereocenters. The average molecular weight is 423 g/mol. The van der Waals surface area contributed by atoms with E-state index in [1.54, 1.807) is 12.1 Å². The molecule has 7 heteroatoms. The highest BCUT2D eigenvalue weighted by Crippen LogP contribution is 2.28. The predicted molar refractivity (Wildman–Crippen MR) is 121 cm³/mol. The van der Waals surface area contributed by atoms with Crippen molar-refractivity contribution in [2.45, 2.75) is 38.6 Å². The Morgan fingerprint density at radius 3 is 2.52 bits per heavy atom. The molecule has 0 spiro atoms. The van der Waals surface area contributed by atoms with Crippen LogP contribution in [0.1, 0.15) is 42.5 Å². The number of carbonyl (C=O) groups is 1. The fourth-order valence-electron chi connectivity index (χ4n) is 4.63. The van der Waals surface area contributed by atoms with Crippen molar-refractivity contribution in [1.82, 2.24) is 10.2 Å². The number of anilines is 1. The lowest BCUT2D eigenvalue weighted by atomic mass is 9.89. The normalized spacial score (nSPS) is 17.6. The van der Waals surface area contributed by atoms with Crippen LogP contribution in [0.3, 0.4) is 0 Å². The standard InChI is InChI=1S/C24H30N4O3/c1-18(20-11-10-19-6-2-3-7-21(19)16-20)25-24(29)17-26-12-14-27(15-13-26)22-8-4-5-9-23(22)28(30)31/h4-5,8-11,16,18H,2-3,6-7,12-15,17H2,1H3,(H,25,29). The monoisotopic (exact) mass is 422 g/mol. The number of hydrogen-bond donors (Lipinski definition) is 1. The van der Waals surface area contributed by atoms with Gasteiger partial charge >= 0.3 is 0 Å². The summed E-state index contributed by atoms with van der Waals surface area (Å²) in [6.45, 7) is 5.12. The first-order chi connectivity index (χ1) is 15.0. The number of nitro benzene ring substituents is 1. The fraction of sp³-hybridized carbons (Fsp3) is 0.458. The van der Waals surface area contributed by atoms with E-state index in [0.717, 1.165) is 18.4 Å². The van der Waals surface area contributed by atoms with Crippen LogP contribution in [0.15, 0.2) is 42.5 Å². The second kappa shape index (κ2) is 9.47. The van der Waals surface area contributed by atoms with E-state index in [1.165, 1.54) is 30.0 Å². The van der Waals surface area contributed by atoms with E-state index in [-0.39, 0.29) is 22.6 Å². The van der Waals surface area contributed by atoms with Gasteiger partial charge in [0.2, 0.25) is 5.91 Å². The SMILES string of the molecule is CC(NC(=O)CN1CCN(c2ccccc2[N+](=O)[O-])CC1)c1ccc2c(c1)CCCC2. The molecule has 1 saturated heterocycles. The highest BCUT2D eigenvalue weighted by molar-refractivity contribution is 5.78. The first kappa shape index (κ1) is 21.3. The molecule has 0 aromatic heterocycles. The Morgan fingerprint density at radius 2 is 1.77 bits per heavy atom. The van der Waals surface area contributed by atoms with Gasteiger partial charge in [0.25, 0.3) is 5.69 Å². The van der Waals surface area contributed by atoms with E-state index in [0.29, 0.717) is 38.4 Å². The number of nitro groups is 1. The zero-order valence-electron chi connectivity index (χ0n) is 18.0. The molecule has 1 heterocycles. The third kappa shape index (κ3) is 5.05. The van der Waals surface area contributed by atoms with Crippen LogP contribution in [0.5, 0.6) is 0 Å². The molecule has 1 aliphatic heterocycles. The summed E-state index contributed by atoms with van der Waals surface area (Å²) in [6, 6.07) is 13.4. The maximum atomic E-state index is 12.6. The minimum atomic E-state index is -0.336. The molecular formula is C24H30N4O3. The Balaban J connectivity index is 1.29. The van der Waals surface area contributed by atoms with E-state index in [2.05, 4.69) is 28.4 Å². The lowest BCUT2D eigenvalue weighted by Gasteiger charge is -2.35. The zero-order valence-corrected chi connectivity index (χ0v) is 18.0. The molecular weight excluding hydrogens is 392 g/mol. The van der Waals surface area contributed by atoms with Crippen molar-refractivity contribution in [1.29, 1.82) is 0 Å². The number of nitrogens with zero attached hydrogens (tertiary/aromatic N) is 3. The van der Waals surface area contributed by atoms with Crippen LogP contribution in [0.4, 0.5) is 11.4 Å². The van der Waals surface area contributed by atoms with Crippen LogP contribution in [0, 0.1) is 10.1 Å². The molecule has 7 nitrogen and oxygen atoms in total. The molecule has 1 aliphatic carbocycles. The largest absolute Gasteiger partial charge is 0.363 e. The Hall–Kier alpha value is -2.93. The maximum Gasteiger partial charge on any atom is 0.292 e. The van der Waals surface area contributed by atoms with Gasteiger partial charge < -0.3 is 10.2 Å². The molecule has 0 radical (unpaired) electrons. The fourth-order valence-corrected chi connectivity index (χ4v) is 4.63. The molecule has 0 bridgehead atoms. The van der Waals surface area contributed by atoms with E-state index < -0.39 is 0 Å². The van der Waals surface area contributed by atoms with Crippen molar-refractivity contribution in [2.75, 3.05) is 37.6 Å². The van der Waals surface area contributed by atoms with Crippen LogP contribution in [-0.4, -0.2) is 48.5 Å². The smallest absolute Gasteiger partial charge is 0.292 e. The number of benzene rings is 2. The second-order valence-corrected chi connectivity index (χ2v) is 8.53. The minimum absolute atomic E-state index is 0.0179. The van der Waals surface area contributed by atoms with Gasteiger partial charge in [0.15, 0.2) is 0 Å². The van der Waals surface area contributed by atoms with E-state index >= 15 is 0 Å². The molecule has 4 rings (SSSR count). The van der Waals surface area contributed by atoms with Gasteiger partial charge in [0.05, 0.1) is 17.5 Å². The van der Waals surface area contributed by atoms with Gasteiger partial charge in [0.1, 0.15) is 5.69 Å². The summed E-state index contributed by atoms with van der Waals surface area (Å²) in [5.74, 6) is 0.0179. The predicted octanol–water partition coefficient (Wildman–Crippen LogP) is 3.47. The van der Waals surface area contributed by atoms with Crippen LogP contribution >= 0.6 is 0 Å². The van der Waals surface area contributed by atoms with E-state index in [9.17, 15) is 14.9 Å². The summed E-state index contributed by atoms with van der Waals surface area (Å²) in [5.41, 5.74) is 4.82. The minimum Gasteiger partial charge on any atom is -0.363 e. The van der Waals surface area contributed by atoms with Gasteiger partial charge in [-0.25, -0.2) is 0 Å². The number of piperazine rings is 1. The third-order valence-corrected chi connectivity index (χ3v) is 6.41. The second-order valence-electron chi connectivity index (χ2n) is 8.53. The van der Waals surface area contributed by atoms with Crippen LogP contribution in [0.25, 0.3) is 0 Å².